The highest BCUT2D eigenvalue weighted by Gasteiger charge is 2.26. The van der Waals surface area contributed by atoms with Crippen molar-refractivity contribution in [2.75, 3.05) is 12.4 Å². The second-order valence-electron chi connectivity index (χ2n) is 7.08. The van der Waals surface area contributed by atoms with E-state index in [1.54, 1.807) is 31.2 Å². The Kier molecular flexibility index (Phi) is 8.15. The summed E-state index contributed by atoms with van der Waals surface area (Å²) in [4.78, 5) is 49.9. The number of rotatable bonds is 4. The van der Waals surface area contributed by atoms with Gasteiger partial charge in [-0.25, -0.2) is 9.48 Å². The van der Waals surface area contributed by atoms with Crippen molar-refractivity contribution in [3.63, 3.8) is 0 Å². The SMILES string of the molecule is COC(=O)N(NC(=O)c1cc(Cl)cc(C)c1NC(=O)c1cc(Br)nn1-c1ccccc1Cl)C(C)=O. The molecule has 4 amide bonds. The van der Waals surface area contributed by atoms with Gasteiger partial charge in [0, 0.05) is 18.0 Å². The summed E-state index contributed by atoms with van der Waals surface area (Å²) < 4.78 is 6.24. The largest absolute Gasteiger partial charge is 0.451 e. The van der Waals surface area contributed by atoms with Gasteiger partial charge in [0.2, 0.25) is 5.91 Å². The Labute approximate surface area is 218 Å². The Morgan fingerprint density at radius 2 is 1.77 bits per heavy atom. The van der Waals surface area contributed by atoms with E-state index in [1.165, 1.54) is 22.9 Å². The first-order chi connectivity index (χ1) is 16.5. The third kappa shape index (κ3) is 5.81. The van der Waals surface area contributed by atoms with E-state index < -0.39 is 23.8 Å². The summed E-state index contributed by atoms with van der Waals surface area (Å²) in [5, 5.41) is 7.93. The van der Waals surface area contributed by atoms with Crippen LogP contribution in [0.25, 0.3) is 5.69 Å². The smallest absolute Gasteiger partial charge is 0.435 e. The number of methoxy groups -OCH3 is 1. The Balaban J connectivity index is 2.00. The monoisotopic (exact) mass is 581 g/mol. The average Bonchev–Trinajstić information content (AvgIpc) is 3.19. The van der Waals surface area contributed by atoms with Gasteiger partial charge < -0.3 is 10.1 Å². The number of halogens is 3. The standard InChI is InChI=1S/C22H18BrCl2N5O5/c1-11-8-13(24)9-14(20(32)28-29(12(2)31)22(34)35-3)19(11)26-21(33)17-10-18(23)27-30(17)16-7-5-4-6-15(16)25/h4-10H,1-3H3,(H,26,33)(H,28,32). The predicted molar refractivity (Wildman–Crippen MR) is 133 cm³/mol. The Bertz CT molecular complexity index is 1340. The van der Waals surface area contributed by atoms with Gasteiger partial charge in [0.25, 0.3) is 11.8 Å². The van der Waals surface area contributed by atoms with Crippen LogP contribution in [0, 0.1) is 6.92 Å². The number of hydrazine groups is 1. The number of amides is 4. The molecule has 1 heterocycles. The fourth-order valence-corrected chi connectivity index (χ4v) is 3.96. The summed E-state index contributed by atoms with van der Waals surface area (Å²) in [6.07, 6.45) is -1.09. The lowest BCUT2D eigenvalue weighted by atomic mass is 10.1. The molecule has 0 saturated carbocycles. The van der Waals surface area contributed by atoms with Crippen molar-refractivity contribution < 1.29 is 23.9 Å². The molecule has 2 aromatic carbocycles. The number of para-hydroxylation sites is 1. The highest BCUT2D eigenvalue weighted by atomic mass is 79.9. The fourth-order valence-electron chi connectivity index (χ4n) is 3.09. The van der Waals surface area contributed by atoms with Gasteiger partial charge in [-0.2, -0.15) is 10.1 Å². The van der Waals surface area contributed by atoms with Crippen LogP contribution in [0.15, 0.2) is 47.1 Å². The highest BCUT2D eigenvalue weighted by Crippen LogP contribution is 2.28. The molecular weight excluding hydrogens is 565 g/mol. The minimum absolute atomic E-state index is 0.0959. The average molecular weight is 583 g/mol. The first-order valence-electron chi connectivity index (χ1n) is 9.85. The molecule has 35 heavy (non-hydrogen) atoms. The van der Waals surface area contributed by atoms with Gasteiger partial charge in [0.05, 0.1) is 29.1 Å². The molecule has 0 unspecified atom stereocenters. The van der Waals surface area contributed by atoms with Crippen LogP contribution < -0.4 is 10.7 Å². The number of anilines is 1. The summed E-state index contributed by atoms with van der Waals surface area (Å²) in [6.45, 7) is 2.69. The first kappa shape index (κ1) is 26.2. The maximum Gasteiger partial charge on any atom is 0.435 e. The van der Waals surface area contributed by atoms with Crippen molar-refractivity contribution in [2.45, 2.75) is 13.8 Å². The van der Waals surface area contributed by atoms with Crippen LogP contribution in [-0.2, 0) is 9.53 Å². The zero-order valence-electron chi connectivity index (χ0n) is 18.6. The number of nitrogens with zero attached hydrogens (tertiary/aromatic N) is 3. The summed E-state index contributed by atoms with van der Waals surface area (Å²) in [5.74, 6) is -2.28. The van der Waals surface area contributed by atoms with Gasteiger partial charge in [0.15, 0.2) is 0 Å². The molecule has 0 aliphatic rings. The van der Waals surface area contributed by atoms with E-state index in [9.17, 15) is 19.2 Å². The van der Waals surface area contributed by atoms with Crippen molar-refractivity contribution >= 4 is 68.6 Å². The molecule has 1 aromatic heterocycles. The van der Waals surface area contributed by atoms with Gasteiger partial charge in [-0.1, -0.05) is 35.3 Å². The van der Waals surface area contributed by atoms with Crippen LogP contribution in [0.1, 0.15) is 33.3 Å². The zero-order valence-corrected chi connectivity index (χ0v) is 21.7. The lowest BCUT2D eigenvalue weighted by Crippen LogP contribution is -2.49. The summed E-state index contributed by atoms with van der Waals surface area (Å²) in [6, 6.07) is 11.1. The predicted octanol–water partition coefficient (Wildman–Crippen LogP) is 4.76. The third-order valence-corrected chi connectivity index (χ3v) is 5.59. The molecule has 0 atom stereocenters. The lowest BCUT2D eigenvalue weighted by Gasteiger charge is -2.20. The van der Waals surface area contributed by atoms with E-state index >= 15 is 0 Å². The Hall–Kier alpha value is -3.41. The van der Waals surface area contributed by atoms with Crippen LogP contribution in [0.5, 0.6) is 0 Å². The molecule has 3 aromatic rings. The number of imide groups is 1. The lowest BCUT2D eigenvalue weighted by molar-refractivity contribution is -0.129. The summed E-state index contributed by atoms with van der Waals surface area (Å²) in [7, 11) is 1.06. The number of nitrogens with one attached hydrogen (secondary N) is 2. The van der Waals surface area contributed by atoms with Crippen LogP contribution in [0.3, 0.4) is 0 Å². The molecule has 13 heteroatoms. The number of hydrogen-bond acceptors (Lipinski definition) is 6. The number of hydrogen-bond donors (Lipinski definition) is 2. The third-order valence-electron chi connectivity index (χ3n) is 4.66. The quantitative estimate of drug-likeness (QED) is 0.428. The number of aryl methyl sites for hydroxylation is 1. The van der Waals surface area contributed by atoms with Crippen LogP contribution in [0.2, 0.25) is 10.0 Å². The van der Waals surface area contributed by atoms with Crippen LogP contribution in [-0.4, -0.2) is 45.7 Å². The molecule has 182 valence electrons. The van der Waals surface area contributed by atoms with E-state index in [-0.39, 0.29) is 22.0 Å². The minimum atomic E-state index is -1.09. The second kappa shape index (κ2) is 10.9. The van der Waals surface area contributed by atoms with Gasteiger partial charge in [-0.05, 0) is 52.7 Å². The van der Waals surface area contributed by atoms with Crippen LogP contribution in [0.4, 0.5) is 10.5 Å². The zero-order chi connectivity index (χ0) is 25.9. The normalized spacial score (nSPS) is 10.5. The van der Waals surface area contributed by atoms with Crippen LogP contribution >= 0.6 is 39.1 Å². The molecule has 0 spiro atoms. The van der Waals surface area contributed by atoms with Crippen molar-refractivity contribution in [1.82, 2.24) is 20.2 Å². The molecule has 0 aliphatic carbocycles. The molecule has 10 nitrogen and oxygen atoms in total. The number of benzene rings is 2. The number of aromatic nitrogens is 2. The van der Waals surface area contributed by atoms with E-state index in [0.717, 1.165) is 14.0 Å². The van der Waals surface area contributed by atoms with Gasteiger partial charge >= 0.3 is 6.09 Å². The topological polar surface area (TPSA) is 123 Å². The molecule has 0 aliphatic heterocycles. The molecule has 0 radical (unpaired) electrons. The van der Waals surface area contributed by atoms with E-state index in [1.807, 2.05) is 0 Å². The molecule has 0 bridgehead atoms. The van der Waals surface area contributed by atoms with Gasteiger partial charge in [-0.3, -0.25) is 19.8 Å². The maximum absolute atomic E-state index is 13.3. The van der Waals surface area contributed by atoms with E-state index in [2.05, 4.69) is 36.5 Å². The van der Waals surface area contributed by atoms with Crippen molar-refractivity contribution in [3.05, 3.63) is 73.9 Å². The minimum Gasteiger partial charge on any atom is -0.451 e. The maximum atomic E-state index is 13.3. The highest BCUT2D eigenvalue weighted by molar-refractivity contribution is 9.10. The number of carbonyl (C=O) groups excluding carboxylic acids is 4. The number of carbonyl (C=O) groups is 4. The first-order valence-corrected chi connectivity index (χ1v) is 11.4. The Morgan fingerprint density at radius 1 is 1.09 bits per heavy atom. The van der Waals surface area contributed by atoms with Crippen molar-refractivity contribution in [3.8, 4) is 5.69 Å². The molecule has 2 N–H and O–H groups in total. The Morgan fingerprint density at radius 3 is 2.40 bits per heavy atom. The van der Waals surface area contributed by atoms with E-state index in [0.29, 0.717) is 25.9 Å². The van der Waals surface area contributed by atoms with E-state index in [4.69, 9.17) is 23.2 Å². The fraction of sp³-hybridized carbons (Fsp3) is 0.136. The molecule has 0 saturated heterocycles. The van der Waals surface area contributed by atoms with Gasteiger partial charge in [0.1, 0.15) is 10.3 Å². The molecule has 0 fully saturated rings. The van der Waals surface area contributed by atoms with Crippen molar-refractivity contribution in [1.29, 1.82) is 0 Å². The second-order valence-corrected chi connectivity index (χ2v) is 8.74. The summed E-state index contributed by atoms with van der Waals surface area (Å²) >= 11 is 15.7. The number of ether oxygens (including phenoxy) is 1. The molecule has 3 rings (SSSR count). The summed E-state index contributed by atoms with van der Waals surface area (Å²) in [5.41, 5.74) is 3.20. The molecular formula is C22H18BrCl2N5O5. The van der Waals surface area contributed by atoms with Gasteiger partial charge in [-0.15, -0.1) is 0 Å². The van der Waals surface area contributed by atoms with Crippen molar-refractivity contribution in [2.24, 2.45) is 0 Å².